The highest BCUT2D eigenvalue weighted by molar-refractivity contribution is 8.00. The number of H-pyrrole nitrogens is 1. The molecule has 1 aromatic heterocycles. The molecule has 3 aliphatic rings. The number of fused-ring (bicyclic) bond motifs is 6. The van der Waals surface area contributed by atoms with Crippen LogP contribution in [0.4, 0.5) is 0 Å². The third-order valence-electron chi connectivity index (χ3n) is 7.25. The molecule has 160 valence electrons. The lowest BCUT2D eigenvalue weighted by molar-refractivity contribution is 0.282. The number of aromatic nitrogens is 1. The zero-order chi connectivity index (χ0) is 20.9. The van der Waals surface area contributed by atoms with Crippen molar-refractivity contribution in [2.75, 3.05) is 7.11 Å². The van der Waals surface area contributed by atoms with Crippen LogP contribution < -0.4 is 14.3 Å². The van der Waals surface area contributed by atoms with Crippen molar-refractivity contribution in [3.05, 3.63) is 74.2 Å². The van der Waals surface area contributed by atoms with E-state index in [1.807, 2.05) is 36.0 Å². The van der Waals surface area contributed by atoms with Crippen molar-refractivity contribution in [1.29, 1.82) is 0 Å². The molecule has 2 bridgehead atoms. The molecular weight excluding hydrogens is 426 g/mol. The summed E-state index contributed by atoms with van der Waals surface area (Å²) in [5.41, 5.74) is 2.37. The first-order chi connectivity index (χ1) is 15.2. The molecule has 6 rings (SSSR count). The summed E-state index contributed by atoms with van der Waals surface area (Å²) in [5.74, 6) is 3.93. The number of rotatable bonds is 5. The average molecular weight is 452 g/mol. The molecule has 1 N–H and O–H groups in total. The molecule has 4 nitrogen and oxygen atoms in total. The Hall–Kier alpha value is -2.18. The van der Waals surface area contributed by atoms with Gasteiger partial charge in [-0.3, -0.25) is 4.79 Å². The van der Waals surface area contributed by atoms with Crippen LogP contribution in [0.2, 0.25) is 0 Å². The highest BCUT2D eigenvalue weighted by Gasteiger charge is 2.54. The van der Waals surface area contributed by atoms with E-state index in [-0.39, 0.29) is 10.8 Å². The van der Waals surface area contributed by atoms with Gasteiger partial charge < -0.3 is 14.5 Å². The van der Waals surface area contributed by atoms with E-state index in [0.717, 1.165) is 33.9 Å². The Kier molecular flexibility index (Phi) is 4.87. The third kappa shape index (κ3) is 3.31. The van der Waals surface area contributed by atoms with Gasteiger partial charge in [-0.15, -0.1) is 11.8 Å². The van der Waals surface area contributed by atoms with Crippen LogP contribution in [0, 0.1) is 17.8 Å². The van der Waals surface area contributed by atoms with Gasteiger partial charge in [0.05, 0.1) is 12.1 Å². The van der Waals surface area contributed by atoms with Gasteiger partial charge in [-0.25, -0.2) is 0 Å². The molecule has 0 saturated heterocycles. The number of benzene rings is 2. The maximum atomic E-state index is 12.2. The summed E-state index contributed by atoms with van der Waals surface area (Å²) in [5, 5.41) is 1.71. The lowest BCUT2D eigenvalue weighted by atomic mass is 9.75. The van der Waals surface area contributed by atoms with Crippen molar-refractivity contribution in [1.82, 2.24) is 4.98 Å². The van der Waals surface area contributed by atoms with Crippen LogP contribution in [-0.4, -0.2) is 17.3 Å². The number of nitrogens with one attached hydrogen (secondary N) is 1. The zero-order valence-electron chi connectivity index (χ0n) is 17.4. The second kappa shape index (κ2) is 7.75. The van der Waals surface area contributed by atoms with Gasteiger partial charge in [-0.1, -0.05) is 47.7 Å². The normalized spacial score (nSPS) is 28.2. The summed E-state index contributed by atoms with van der Waals surface area (Å²) in [6.07, 6.45) is 4.01. The molecule has 3 aromatic rings. The number of hydrogen-bond acceptors (Lipinski definition) is 5. The Morgan fingerprint density at radius 1 is 1.06 bits per heavy atom. The van der Waals surface area contributed by atoms with E-state index in [1.165, 1.54) is 41.0 Å². The fourth-order valence-corrected chi connectivity index (χ4v) is 8.85. The Balaban J connectivity index is 1.35. The number of ether oxygens (including phenoxy) is 2. The van der Waals surface area contributed by atoms with E-state index in [2.05, 4.69) is 29.2 Å². The lowest BCUT2D eigenvalue weighted by Crippen LogP contribution is -2.33. The number of thiazole rings is 1. The van der Waals surface area contributed by atoms with E-state index < -0.39 is 0 Å². The average Bonchev–Trinajstić information content (AvgIpc) is 3.51. The first-order valence-electron chi connectivity index (χ1n) is 11.0. The highest BCUT2D eigenvalue weighted by Crippen LogP contribution is 2.63. The van der Waals surface area contributed by atoms with Crippen LogP contribution in [0.3, 0.4) is 0 Å². The molecule has 0 spiro atoms. The maximum Gasteiger partial charge on any atom is 0.305 e. The van der Waals surface area contributed by atoms with Gasteiger partial charge in [0.2, 0.25) is 0 Å². The van der Waals surface area contributed by atoms with Crippen LogP contribution in [0.1, 0.15) is 41.2 Å². The zero-order valence-corrected chi connectivity index (χ0v) is 19.0. The molecule has 5 atom stereocenters. The first kappa shape index (κ1) is 19.5. The van der Waals surface area contributed by atoms with Gasteiger partial charge in [0.15, 0.2) is 11.5 Å². The second-order valence-corrected chi connectivity index (χ2v) is 11.1. The number of thioether (sulfide) groups is 1. The highest BCUT2D eigenvalue weighted by atomic mass is 32.2. The number of methoxy groups -OCH3 is 1. The van der Waals surface area contributed by atoms with Crippen molar-refractivity contribution in [2.24, 2.45) is 17.8 Å². The maximum absolute atomic E-state index is 12.2. The summed E-state index contributed by atoms with van der Waals surface area (Å²) >= 11 is 3.32. The van der Waals surface area contributed by atoms with Crippen molar-refractivity contribution in [2.45, 2.75) is 42.1 Å². The third-order valence-corrected chi connectivity index (χ3v) is 9.87. The van der Waals surface area contributed by atoms with Crippen molar-refractivity contribution >= 4 is 23.1 Å². The van der Waals surface area contributed by atoms with E-state index in [9.17, 15) is 4.79 Å². The molecule has 0 radical (unpaired) electrons. The van der Waals surface area contributed by atoms with E-state index >= 15 is 0 Å². The number of aromatic amines is 1. The van der Waals surface area contributed by atoms with Gasteiger partial charge in [0.1, 0.15) is 6.61 Å². The predicted molar refractivity (Wildman–Crippen MR) is 125 cm³/mol. The summed E-state index contributed by atoms with van der Waals surface area (Å²) in [7, 11) is 1.70. The van der Waals surface area contributed by atoms with Crippen molar-refractivity contribution in [3.8, 4) is 11.5 Å². The quantitative estimate of drug-likeness (QED) is 0.543. The van der Waals surface area contributed by atoms with E-state index in [1.54, 1.807) is 7.11 Å². The topological polar surface area (TPSA) is 51.3 Å². The summed E-state index contributed by atoms with van der Waals surface area (Å²) in [6, 6.07) is 16.5. The Labute approximate surface area is 190 Å². The first-order valence-corrected chi connectivity index (χ1v) is 12.6. The molecule has 2 fully saturated rings. The molecule has 2 heterocycles. The van der Waals surface area contributed by atoms with Crippen LogP contribution in [0.5, 0.6) is 11.5 Å². The van der Waals surface area contributed by atoms with Crippen LogP contribution in [0.15, 0.2) is 58.4 Å². The minimum Gasteiger partial charge on any atom is -0.493 e. The van der Waals surface area contributed by atoms with Crippen LogP contribution in [0.25, 0.3) is 0 Å². The number of hydrogen-bond donors (Lipinski definition) is 1. The van der Waals surface area contributed by atoms with Gasteiger partial charge in [0, 0.05) is 16.0 Å². The molecule has 2 aromatic carbocycles. The molecular formula is C25H25NO3S2. The molecule has 6 heteroatoms. The van der Waals surface area contributed by atoms with Gasteiger partial charge in [-0.05, 0) is 60.3 Å². The Morgan fingerprint density at radius 3 is 2.74 bits per heavy atom. The lowest BCUT2D eigenvalue weighted by Gasteiger charge is -2.40. The monoisotopic (exact) mass is 451 g/mol. The fraction of sp³-hybridized carbons (Fsp3) is 0.400. The van der Waals surface area contributed by atoms with Gasteiger partial charge in [0.25, 0.3) is 0 Å². The van der Waals surface area contributed by atoms with Crippen LogP contribution in [-0.2, 0) is 6.61 Å². The summed E-state index contributed by atoms with van der Waals surface area (Å²) in [4.78, 5) is 16.6. The largest absolute Gasteiger partial charge is 0.493 e. The predicted octanol–water partition coefficient (Wildman–Crippen LogP) is 5.68. The Morgan fingerprint density at radius 2 is 1.90 bits per heavy atom. The minimum atomic E-state index is 0.0598. The smallest absolute Gasteiger partial charge is 0.305 e. The minimum absolute atomic E-state index is 0.0598. The van der Waals surface area contributed by atoms with Gasteiger partial charge >= 0.3 is 4.87 Å². The molecule has 31 heavy (non-hydrogen) atoms. The second-order valence-electron chi connectivity index (χ2n) is 8.86. The fourth-order valence-electron chi connectivity index (χ4n) is 5.95. The molecule has 2 aliphatic carbocycles. The molecule has 4 unspecified atom stereocenters. The molecule has 0 amide bonds. The Bertz CT molecular complexity index is 1160. The van der Waals surface area contributed by atoms with Gasteiger partial charge in [-0.2, -0.15) is 0 Å². The van der Waals surface area contributed by atoms with Crippen LogP contribution >= 0.6 is 23.1 Å². The van der Waals surface area contributed by atoms with Crippen molar-refractivity contribution in [3.63, 3.8) is 0 Å². The SMILES string of the molecule is COc1cc([C@H]2c3sc(=O)[nH]c3SC3C4CCC(C4)C32)ccc1OCc1ccccc1. The summed E-state index contributed by atoms with van der Waals surface area (Å²) < 4.78 is 11.8. The van der Waals surface area contributed by atoms with E-state index in [0.29, 0.717) is 17.8 Å². The summed E-state index contributed by atoms with van der Waals surface area (Å²) in [6.45, 7) is 0.509. The van der Waals surface area contributed by atoms with Crippen molar-refractivity contribution < 1.29 is 9.47 Å². The van der Waals surface area contributed by atoms with E-state index in [4.69, 9.17) is 9.47 Å². The molecule has 2 saturated carbocycles. The standard InChI is InChI=1S/C25H25NO3S2/c1-28-19-12-16(9-10-18(19)29-13-14-5-3-2-4-6-14)21-20-15-7-8-17(11-15)22(20)30-24-23(21)31-25(27)26-24/h2-6,9-10,12,15,17,20-22H,7-8,11,13H2,1H3,(H,26,27)/t15?,17?,20?,21-,22?/m1/s1. The molecule has 1 aliphatic heterocycles.